The Morgan fingerprint density at radius 1 is 1.15 bits per heavy atom. The normalized spacial score (nSPS) is 15.8. The summed E-state index contributed by atoms with van der Waals surface area (Å²) in [4.78, 5) is 0. The van der Waals surface area contributed by atoms with Gasteiger partial charge in [-0.15, -0.1) is 11.3 Å². The monoisotopic (exact) mass is 371 g/mol. The van der Waals surface area contributed by atoms with Crippen molar-refractivity contribution in [1.82, 2.24) is 0 Å². The largest absolute Gasteiger partial charge is 0.274 e. The first-order valence-corrected chi connectivity index (χ1v) is 9.55. The number of halogens is 1. The van der Waals surface area contributed by atoms with Gasteiger partial charge >= 0.3 is 0 Å². The Morgan fingerprint density at radius 3 is 2.70 bits per heavy atom. The first-order chi connectivity index (χ1) is 9.60. The minimum atomic E-state index is -3.48. The zero-order chi connectivity index (χ0) is 14.2. The molecule has 0 N–H and O–H groups in total. The molecule has 1 aromatic carbocycles. The zero-order valence-corrected chi connectivity index (χ0v) is 14.0. The SMILES string of the molecule is O=S(=O)(c1sccc1Br)N1CCCCc2ccccc21. The van der Waals surface area contributed by atoms with Crippen LogP contribution in [0.15, 0.2) is 44.4 Å². The molecule has 0 atom stereocenters. The molecule has 1 aliphatic rings. The van der Waals surface area contributed by atoms with Crippen LogP contribution in [-0.4, -0.2) is 15.0 Å². The van der Waals surface area contributed by atoms with E-state index < -0.39 is 10.0 Å². The van der Waals surface area contributed by atoms with E-state index in [4.69, 9.17) is 0 Å². The Bertz CT molecular complexity index is 724. The fourth-order valence-corrected chi connectivity index (χ4v) is 6.42. The van der Waals surface area contributed by atoms with Crippen molar-refractivity contribution in [3.63, 3.8) is 0 Å². The lowest BCUT2D eigenvalue weighted by molar-refractivity contribution is 0.591. The van der Waals surface area contributed by atoms with E-state index in [2.05, 4.69) is 15.9 Å². The minimum Gasteiger partial charge on any atom is -0.265 e. The maximum Gasteiger partial charge on any atom is 0.274 e. The first kappa shape index (κ1) is 14.1. The van der Waals surface area contributed by atoms with E-state index in [0.717, 1.165) is 30.5 Å². The molecule has 0 radical (unpaired) electrons. The molecule has 0 fully saturated rings. The number of nitrogens with zero attached hydrogens (tertiary/aromatic N) is 1. The highest BCUT2D eigenvalue weighted by molar-refractivity contribution is 9.10. The Hall–Kier alpha value is -0.850. The highest BCUT2D eigenvalue weighted by atomic mass is 79.9. The van der Waals surface area contributed by atoms with E-state index in [1.807, 2.05) is 24.3 Å². The van der Waals surface area contributed by atoms with Crippen molar-refractivity contribution in [2.45, 2.75) is 23.5 Å². The van der Waals surface area contributed by atoms with Crippen LogP contribution in [0.3, 0.4) is 0 Å². The molecule has 106 valence electrons. The maximum atomic E-state index is 12.9. The van der Waals surface area contributed by atoms with E-state index >= 15 is 0 Å². The second-order valence-corrected chi connectivity index (χ2v) is 8.55. The number of sulfonamides is 1. The standard InChI is InChI=1S/C14H14BrNO2S2/c15-12-8-10-19-14(12)20(17,18)16-9-4-3-6-11-5-1-2-7-13(11)16/h1-2,5,7-8,10H,3-4,6,9H2. The molecule has 0 aliphatic carbocycles. The van der Waals surface area contributed by atoms with Crippen molar-refractivity contribution in [1.29, 1.82) is 0 Å². The van der Waals surface area contributed by atoms with Crippen molar-refractivity contribution in [2.75, 3.05) is 10.8 Å². The number of thiophene rings is 1. The van der Waals surface area contributed by atoms with Gasteiger partial charge in [-0.1, -0.05) is 18.2 Å². The lowest BCUT2D eigenvalue weighted by Gasteiger charge is -2.24. The predicted molar refractivity (Wildman–Crippen MR) is 85.9 cm³/mol. The molecular formula is C14H14BrNO2S2. The van der Waals surface area contributed by atoms with Gasteiger partial charge in [-0.2, -0.15) is 0 Å². The van der Waals surface area contributed by atoms with E-state index in [1.54, 1.807) is 15.8 Å². The topological polar surface area (TPSA) is 37.4 Å². The van der Waals surface area contributed by atoms with Gasteiger partial charge in [-0.05, 0) is 58.3 Å². The van der Waals surface area contributed by atoms with Gasteiger partial charge in [-0.25, -0.2) is 8.42 Å². The van der Waals surface area contributed by atoms with Crippen molar-refractivity contribution in [3.05, 3.63) is 45.7 Å². The molecule has 3 rings (SSSR count). The zero-order valence-electron chi connectivity index (χ0n) is 10.8. The molecule has 2 aromatic rings. The van der Waals surface area contributed by atoms with Crippen LogP contribution in [0.4, 0.5) is 5.69 Å². The third-order valence-electron chi connectivity index (χ3n) is 3.43. The van der Waals surface area contributed by atoms with E-state index in [9.17, 15) is 8.42 Å². The Kier molecular flexibility index (Phi) is 3.88. The average Bonchev–Trinajstić information content (AvgIpc) is 2.75. The molecular weight excluding hydrogens is 358 g/mol. The van der Waals surface area contributed by atoms with Crippen LogP contribution < -0.4 is 4.31 Å². The summed E-state index contributed by atoms with van der Waals surface area (Å²) in [6, 6.07) is 9.57. The molecule has 0 unspecified atom stereocenters. The van der Waals surface area contributed by atoms with Gasteiger partial charge < -0.3 is 0 Å². The lowest BCUT2D eigenvalue weighted by Crippen LogP contribution is -2.31. The predicted octanol–water partition coefficient (Wildman–Crippen LogP) is 4.04. The Balaban J connectivity index is 2.12. The molecule has 3 nitrogen and oxygen atoms in total. The lowest BCUT2D eigenvalue weighted by atomic mass is 10.1. The number of aryl methyl sites for hydroxylation is 1. The Labute approximate surface area is 131 Å². The molecule has 0 spiro atoms. The van der Waals surface area contributed by atoms with E-state index in [0.29, 0.717) is 15.2 Å². The van der Waals surface area contributed by atoms with E-state index in [1.165, 1.54) is 11.3 Å². The van der Waals surface area contributed by atoms with Gasteiger partial charge in [0.15, 0.2) is 4.21 Å². The summed E-state index contributed by atoms with van der Waals surface area (Å²) in [5, 5.41) is 1.79. The van der Waals surface area contributed by atoms with Crippen LogP contribution in [0.2, 0.25) is 0 Å². The number of anilines is 1. The van der Waals surface area contributed by atoms with Crippen LogP contribution in [0.1, 0.15) is 18.4 Å². The van der Waals surface area contributed by atoms with Crippen LogP contribution in [0, 0.1) is 0 Å². The van der Waals surface area contributed by atoms with Gasteiger partial charge in [0.2, 0.25) is 0 Å². The fraction of sp³-hybridized carbons (Fsp3) is 0.286. The number of benzene rings is 1. The molecule has 1 aliphatic heterocycles. The van der Waals surface area contributed by atoms with Gasteiger partial charge in [0, 0.05) is 11.0 Å². The number of hydrogen-bond donors (Lipinski definition) is 0. The number of para-hydroxylation sites is 1. The third kappa shape index (κ3) is 2.40. The maximum absolute atomic E-state index is 12.9. The third-order valence-corrected chi connectivity index (χ3v) is 7.89. The van der Waals surface area contributed by atoms with E-state index in [-0.39, 0.29) is 0 Å². The van der Waals surface area contributed by atoms with Crippen molar-refractivity contribution >= 4 is 43.0 Å². The second-order valence-electron chi connectivity index (χ2n) is 4.72. The van der Waals surface area contributed by atoms with Gasteiger partial charge in [0.1, 0.15) is 0 Å². The number of hydrogen-bond acceptors (Lipinski definition) is 3. The van der Waals surface area contributed by atoms with Crippen molar-refractivity contribution in [3.8, 4) is 0 Å². The van der Waals surface area contributed by atoms with Crippen LogP contribution in [0.5, 0.6) is 0 Å². The van der Waals surface area contributed by atoms with Crippen LogP contribution in [-0.2, 0) is 16.4 Å². The summed E-state index contributed by atoms with van der Waals surface area (Å²) in [7, 11) is -3.48. The van der Waals surface area contributed by atoms with Crippen LogP contribution >= 0.6 is 27.3 Å². The quantitative estimate of drug-likeness (QED) is 0.798. The smallest absolute Gasteiger partial charge is 0.265 e. The summed E-state index contributed by atoms with van der Waals surface area (Å²) < 4.78 is 28.4. The fourth-order valence-electron chi connectivity index (χ4n) is 2.47. The van der Waals surface area contributed by atoms with Crippen molar-refractivity contribution in [2.24, 2.45) is 0 Å². The van der Waals surface area contributed by atoms with Gasteiger partial charge in [0.25, 0.3) is 10.0 Å². The molecule has 20 heavy (non-hydrogen) atoms. The molecule has 1 aromatic heterocycles. The highest BCUT2D eigenvalue weighted by Gasteiger charge is 2.30. The second kappa shape index (κ2) is 5.50. The molecule has 0 amide bonds. The number of fused-ring (bicyclic) bond motifs is 1. The van der Waals surface area contributed by atoms with Gasteiger partial charge in [0.05, 0.1) is 5.69 Å². The molecule has 0 saturated carbocycles. The van der Waals surface area contributed by atoms with Crippen LogP contribution in [0.25, 0.3) is 0 Å². The highest BCUT2D eigenvalue weighted by Crippen LogP contribution is 2.35. The summed E-state index contributed by atoms with van der Waals surface area (Å²) >= 11 is 4.59. The number of rotatable bonds is 2. The average molecular weight is 372 g/mol. The summed E-state index contributed by atoms with van der Waals surface area (Å²) in [5.41, 5.74) is 1.94. The van der Waals surface area contributed by atoms with Crippen molar-refractivity contribution < 1.29 is 8.42 Å². The minimum absolute atomic E-state index is 0.384. The van der Waals surface area contributed by atoms with Gasteiger partial charge in [-0.3, -0.25) is 4.31 Å². The molecule has 0 bridgehead atoms. The summed E-state index contributed by atoms with van der Waals surface area (Å²) in [5.74, 6) is 0. The molecule has 0 saturated heterocycles. The molecule has 2 heterocycles. The summed E-state index contributed by atoms with van der Waals surface area (Å²) in [6.45, 7) is 0.545. The Morgan fingerprint density at radius 2 is 1.95 bits per heavy atom. The first-order valence-electron chi connectivity index (χ1n) is 6.44. The summed E-state index contributed by atoms with van der Waals surface area (Å²) in [6.07, 6.45) is 2.85. The molecule has 6 heteroatoms.